The van der Waals surface area contributed by atoms with E-state index in [1.807, 2.05) is 6.92 Å². The number of hydrogen-bond acceptors (Lipinski definition) is 6. The maximum atomic E-state index is 13.1. The Bertz CT molecular complexity index is 1060. The number of piperidine rings is 1. The average Bonchev–Trinajstić information content (AvgIpc) is 3.07. The van der Waals surface area contributed by atoms with Gasteiger partial charge in [-0.2, -0.15) is 8.42 Å². The number of amidine groups is 1. The number of carbonyl (C=O) groups excluding carboxylic acids is 1. The van der Waals surface area contributed by atoms with Crippen molar-refractivity contribution in [2.45, 2.75) is 38.0 Å². The van der Waals surface area contributed by atoms with Gasteiger partial charge in [-0.15, -0.1) is 4.40 Å². The van der Waals surface area contributed by atoms with Crippen LogP contribution in [0.1, 0.15) is 41.6 Å². The molecule has 28 heavy (non-hydrogen) atoms. The van der Waals surface area contributed by atoms with Gasteiger partial charge in [0.15, 0.2) is 0 Å². The molecule has 2 aromatic rings. The van der Waals surface area contributed by atoms with E-state index >= 15 is 0 Å². The van der Waals surface area contributed by atoms with Crippen LogP contribution in [0.5, 0.6) is 0 Å². The van der Waals surface area contributed by atoms with Crippen molar-refractivity contribution in [1.29, 1.82) is 0 Å². The highest BCUT2D eigenvalue weighted by Gasteiger charge is 2.34. The minimum Gasteiger partial charge on any atom is -0.361 e. The van der Waals surface area contributed by atoms with E-state index < -0.39 is 10.0 Å². The van der Waals surface area contributed by atoms with E-state index in [2.05, 4.69) is 14.9 Å². The average molecular weight is 402 g/mol. The van der Waals surface area contributed by atoms with Crippen molar-refractivity contribution in [3.8, 4) is 0 Å². The highest BCUT2D eigenvalue weighted by molar-refractivity contribution is 7.90. The van der Waals surface area contributed by atoms with Crippen molar-refractivity contribution in [1.82, 2.24) is 10.1 Å². The molecule has 1 unspecified atom stereocenters. The molecule has 1 aromatic carbocycles. The van der Waals surface area contributed by atoms with E-state index in [1.54, 1.807) is 30.0 Å². The van der Waals surface area contributed by atoms with Gasteiger partial charge in [-0.05, 0) is 38.3 Å². The highest BCUT2D eigenvalue weighted by Crippen LogP contribution is 2.31. The molecular weight excluding hydrogens is 380 g/mol. The van der Waals surface area contributed by atoms with Crippen LogP contribution in [0.3, 0.4) is 0 Å². The van der Waals surface area contributed by atoms with Gasteiger partial charge in [0.2, 0.25) is 0 Å². The molecule has 2 aliphatic heterocycles. The molecule has 0 bridgehead atoms. The molecule has 148 valence electrons. The molecule has 1 N–H and O–H groups in total. The lowest BCUT2D eigenvalue weighted by molar-refractivity contribution is 0.0700. The smallest absolute Gasteiger partial charge is 0.286 e. The number of likely N-dealkylation sites (tertiary alicyclic amines) is 1. The molecule has 1 atom stereocenters. The molecule has 1 amide bonds. The second-order valence-electron chi connectivity index (χ2n) is 7.08. The monoisotopic (exact) mass is 402 g/mol. The number of para-hydroxylation sites is 1. The maximum absolute atomic E-state index is 13.1. The van der Waals surface area contributed by atoms with Gasteiger partial charge in [0, 0.05) is 19.0 Å². The standard InChI is InChI=1S/C19H22N4O4S/c1-3-14-17(12(2)27-21-14)19(24)23-10-6-7-13(11-23)18-20-15-8-4-5-9-16(15)28(25,26)22-18/h4-5,8-9,13H,3,6-7,10-11H2,1-2H3,(H,20,22). The van der Waals surface area contributed by atoms with Crippen molar-refractivity contribution in [2.75, 3.05) is 18.4 Å². The fourth-order valence-electron chi connectivity index (χ4n) is 3.79. The van der Waals surface area contributed by atoms with Crippen molar-refractivity contribution in [3.63, 3.8) is 0 Å². The molecule has 0 spiro atoms. The summed E-state index contributed by atoms with van der Waals surface area (Å²) in [6, 6.07) is 6.71. The van der Waals surface area contributed by atoms with Crippen LogP contribution in [-0.2, 0) is 16.4 Å². The number of hydrogen-bond donors (Lipinski definition) is 1. The Balaban J connectivity index is 1.59. The van der Waals surface area contributed by atoms with Gasteiger partial charge >= 0.3 is 0 Å². The second kappa shape index (κ2) is 7.05. The third-order valence-electron chi connectivity index (χ3n) is 5.22. The number of aryl methyl sites for hydroxylation is 2. The Labute approximate surface area is 163 Å². The van der Waals surface area contributed by atoms with Crippen LogP contribution < -0.4 is 5.32 Å². The molecule has 0 aliphatic carbocycles. The highest BCUT2D eigenvalue weighted by atomic mass is 32.2. The van der Waals surface area contributed by atoms with Crippen molar-refractivity contribution >= 4 is 27.5 Å². The van der Waals surface area contributed by atoms with E-state index in [4.69, 9.17) is 4.52 Å². The SMILES string of the molecule is CCc1noc(C)c1C(=O)N1CCCC(C2=NS(=O)(=O)c3ccccc3N2)C1. The number of rotatable bonds is 3. The number of aromatic nitrogens is 1. The lowest BCUT2D eigenvalue weighted by atomic mass is 9.95. The molecule has 1 aromatic heterocycles. The first kappa shape index (κ1) is 18.7. The zero-order chi connectivity index (χ0) is 19.9. The van der Waals surface area contributed by atoms with Crippen LogP contribution in [0, 0.1) is 12.8 Å². The summed E-state index contributed by atoms with van der Waals surface area (Å²) in [7, 11) is -3.74. The summed E-state index contributed by atoms with van der Waals surface area (Å²) in [6.45, 7) is 4.67. The van der Waals surface area contributed by atoms with Gasteiger partial charge in [-0.25, -0.2) is 0 Å². The third-order valence-corrected chi connectivity index (χ3v) is 6.57. The number of anilines is 1. The summed E-state index contributed by atoms with van der Waals surface area (Å²) in [6.07, 6.45) is 2.14. The number of carbonyl (C=O) groups is 1. The number of sulfonamides is 1. The molecule has 9 heteroatoms. The zero-order valence-electron chi connectivity index (χ0n) is 15.8. The number of fused-ring (bicyclic) bond motifs is 1. The first-order valence-corrected chi connectivity index (χ1v) is 10.8. The summed E-state index contributed by atoms with van der Waals surface area (Å²) >= 11 is 0. The van der Waals surface area contributed by atoms with E-state index in [1.165, 1.54) is 6.07 Å². The van der Waals surface area contributed by atoms with Crippen LogP contribution in [-0.4, -0.2) is 43.3 Å². The Morgan fingerprint density at radius 1 is 1.36 bits per heavy atom. The molecule has 1 fully saturated rings. The fraction of sp³-hybridized carbons (Fsp3) is 0.421. The van der Waals surface area contributed by atoms with Gasteiger partial charge in [-0.1, -0.05) is 24.2 Å². The van der Waals surface area contributed by atoms with Crippen molar-refractivity contribution in [3.05, 3.63) is 41.3 Å². The summed E-state index contributed by atoms with van der Waals surface area (Å²) in [4.78, 5) is 15.0. The van der Waals surface area contributed by atoms with E-state index in [-0.39, 0.29) is 16.7 Å². The number of amides is 1. The minimum atomic E-state index is -3.74. The second-order valence-corrected chi connectivity index (χ2v) is 8.65. The number of benzene rings is 1. The quantitative estimate of drug-likeness (QED) is 0.846. The first-order chi connectivity index (χ1) is 13.4. The molecule has 4 rings (SSSR count). The van der Waals surface area contributed by atoms with Gasteiger partial charge < -0.3 is 14.7 Å². The Morgan fingerprint density at radius 3 is 2.93 bits per heavy atom. The molecule has 1 saturated heterocycles. The van der Waals surface area contributed by atoms with Crippen LogP contribution in [0.4, 0.5) is 5.69 Å². The van der Waals surface area contributed by atoms with E-state index in [9.17, 15) is 13.2 Å². The molecule has 0 radical (unpaired) electrons. The Kier molecular flexibility index (Phi) is 4.70. The topological polar surface area (TPSA) is 105 Å². The largest absolute Gasteiger partial charge is 0.361 e. The van der Waals surface area contributed by atoms with Crippen LogP contribution >= 0.6 is 0 Å². The van der Waals surface area contributed by atoms with Gasteiger partial charge in [0.25, 0.3) is 15.9 Å². The van der Waals surface area contributed by atoms with Crippen molar-refractivity contribution < 1.29 is 17.7 Å². The normalized spacial score (nSPS) is 20.9. The lowest BCUT2D eigenvalue weighted by Gasteiger charge is -2.34. The molecule has 3 heterocycles. The number of nitrogens with zero attached hydrogens (tertiary/aromatic N) is 3. The summed E-state index contributed by atoms with van der Waals surface area (Å²) in [5.74, 6) is 0.605. The minimum absolute atomic E-state index is 0.125. The number of nitrogens with one attached hydrogen (secondary N) is 1. The van der Waals surface area contributed by atoms with Gasteiger partial charge in [0.1, 0.15) is 22.1 Å². The van der Waals surface area contributed by atoms with Crippen LogP contribution in [0.15, 0.2) is 38.1 Å². The van der Waals surface area contributed by atoms with E-state index in [0.29, 0.717) is 48.1 Å². The predicted molar refractivity (Wildman–Crippen MR) is 104 cm³/mol. The predicted octanol–water partition coefficient (Wildman–Crippen LogP) is 2.61. The Morgan fingerprint density at radius 2 is 2.14 bits per heavy atom. The van der Waals surface area contributed by atoms with E-state index in [0.717, 1.165) is 12.8 Å². The molecular formula is C19H22N4O4S. The summed E-state index contributed by atoms with van der Waals surface area (Å²) in [5.41, 5.74) is 1.69. The maximum Gasteiger partial charge on any atom is 0.286 e. The Hall–Kier alpha value is -2.68. The van der Waals surface area contributed by atoms with Gasteiger partial charge in [-0.3, -0.25) is 4.79 Å². The molecule has 8 nitrogen and oxygen atoms in total. The molecule has 0 saturated carbocycles. The summed E-state index contributed by atoms with van der Waals surface area (Å²) < 4.78 is 34.2. The van der Waals surface area contributed by atoms with Crippen LogP contribution in [0.25, 0.3) is 0 Å². The van der Waals surface area contributed by atoms with Crippen molar-refractivity contribution in [2.24, 2.45) is 10.3 Å². The fourth-order valence-corrected chi connectivity index (χ4v) is 4.99. The lowest BCUT2D eigenvalue weighted by Crippen LogP contribution is -2.45. The molecule has 2 aliphatic rings. The first-order valence-electron chi connectivity index (χ1n) is 9.36. The van der Waals surface area contributed by atoms with Gasteiger partial charge in [0.05, 0.1) is 11.4 Å². The summed E-state index contributed by atoms with van der Waals surface area (Å²) in [5, 5.41) is 7.12. The van der Waals surface area contributed by atoms with Crippen LogP contribution in [0.2, 0.25) is 0 Å². The third kappa shape index (κ3) is 3.19. The zero-order valence-corrected chi connectivity index (χ0v) is 16.6.